The van der Waals surface area contributed by atoms with Gasteiger partial charge in [-0.05, 0) is 57.0 Å². The molecule has 1 aromatic carbocycles. The quantitative estimate of drug-likeness (QED) is 0.726. The number of hydrogen-bond donors (Lipinski definition) is 0. The van der Waals surface area contributed by atoms with Gasteiger partial charge in [0.05, 0.1) is 6.54 Å². The average molecular weight is 341 g/mol. The standard InChI is InChI=1S/C18H23N5S/c1-13-7-8-15(11-14(13)2)17-21-23-16(19-20-18(23)24-17)12-22-9-5-3-4-6-10-22/h7-8,11H,3-6,9-10,12H2,1-2H3. The highest BCUT2D eigenvalue weighted by molar-refractivity contribution is 7.19. The lowest BCUT2D eigenvalue weighted by Gasteiger charge is -2.17. The van der Waals surface area contributed by atoms with Crippen LogP contribution in [0.4, 0.5) is 0 Å². The molecule has 5 nitrogen and oxygen atoms in total. The van der Waals surface area contributed by atoms with Crippen LogP contribution < -0.4 is 0 Å². The Labute approximate surface area is 146 Å². The predicted octanol–water partition coefficient (Wildman–Crippen LogP) is 3.85. The number of likely N-dealkylation sites (tertiary alicyclic amines) is 1. The third-order valence-electron chi connectivity index (χ3n) is 4.87. The van der Waals surface area contributed by atoms with E-state index in [0.717, 1.165) is 41.0 Å². The minimum Gasteiger partial charge on any atom is -0.296 e. The maximum absolute atomic E-state index is 4.79. The monoisotopic (exact) mass is 341 g/mol. The largest absolute Gasteiger partial charge is 0.296 e. The Hall–Kier alpha value is -1.79. The average Bonchev–Trinajstić information content (AvgIpc) is 3.04. The molecular formula is C18H23N5S. The van der Waals surface area contributed by atoms with E-state index in [0.29, 0.717) is 0 Å². The Kier molecular flexibility index (Phi) is 4.33. The summed E-state index contributed by atoms with van der Waals surface area (Å²) in [5, 5.41) is 14.5. The van der Waals surface area contributed by atoms with E-state index in [4.69, 9.17) is 5.10 Å². The van der Waals surface area contributed by atoms with Crippen molar-refractivity contribution in [3.63, 3.8) is 0 Å². The fourth-order valence-corrected chi connectivity index (χ4v) is 4.10. The zero-order valence-corrected chi connectivity index (χ0v) is 15.1. The van der Waals surface area contributed by atoms with E-state index >= 15 is 0 Å². The van der Waals surface area contributed by atoms with Gasteiger partial charge in [-0.2, -0.15) is 9.61 Å². The summed E-state index contributed by atoms with van der Waals surface area (Å²) < 4.78 is 1.93. The van der Waals surface area contributed by atoms with Crippen LogP contribution in [-0.2, 0) is 6.54 Å². The van der Waals surface area contributed by atoms with Crippen molar-refractivity contribution in [2.24, 2.45) is 0 Å². The molecule has 0 amide bonds. The van der Waals surface area contributed by atoms with Crippen molar-refractivity contribution in [1.29, 1.82) is 0 Å². The molecule has 0 spiro atoms. The number of rotatable bonds is 3. The molecule has 0 unspecified atom stereocenters. The topological polar surface area (TPSA) is 46.3 Å². The van der Waals surface area contributed by atoms with Gasteiger partial charge in [0.2, 0.25) is 4.96 Å². The molecule has 0 N–H and O–H groups in total. The first-order valence-corrected chi connectivity index (χ1v) is 9.53. The van der Waals surface area contributed by atoms with Gasteiger partial charge in [-0.15, -0.1) is 10.2 Å². The van der Waals surface area contributed by atoms with E-state index in [-0.39, 0.29) is 0 Å². The summed E-state index contributed by atoms with van der Waals surface area (Å²) in [5.74, 6) is 0.957. The minimum absolute atomic E-state index is 0.845. The van der Waals surface area contributed by atoms with Crippen molar-refractivity contribution >= 4 is 16.3 Å². The molecule has 0 saturated carbocycles. The molecule has 6 heteroatoms. The minimum atomic E-state index is 0.845. The van der Waals surface area contributed by atoms with Gasteiger partial charge >= 0.3 is 0 Å². The van der Waals surface area contributed by atoms with Crippen molar-refractivity contribution in [2.75, 3.05) is 13.1 Å². The highest BCUT2D eigenvalue weighted by Crippen LogP contribution is 2.27. The Morgan fingerprint density at radius 3 is 2.54 bits per heavy atom. The lowest BCUT2D eigenvalue weighted by Crippen LogP contribution is -2.25. The van der Waals surface area contributed by atoms with Crippen LogP contribution in [0.5, 0.6) is 0 Å². The summed E-state index contributed by atoms with van der Waals surface area (Å²) >= 11 is 1.61. The smallest absolute Gasteiger partial charge is 0.235 e. The third-order valence-corrected chi connectivity index (χ3v) is 5.82. The highest BCUT2D eigenvalue weighted by Gasteiger charge is 2.17. The summed E-state index contributed by atoms with van der Waals surface area (Å²) in [5.41, 5.74) is 3.76. The van der Waals surface area contributed by atoms with Crippen LogP contribution in [0.2, 0.25) is 0 Å². The second-order valence-electron chi connectivity index (χ2n) is 6.71. The van der Waals surface area contributed by atoms with E-state index in [2.05, 4.69) is 47.1 Å². The molecule has 0 aliphatic carbocycles. The molecule has 4 rings (SSSR count). The number of fused-ring (bicyclic) bond motifs is 1. The van der Waals surface area contributed by atoms with Gasteiger partial charge in [-0.1, -0.05) is 36.3 Å². The van der Waals surface area contributed by atoms with Crippen LogP contribution in [0.25, 0.3) is 15.5 Å². The van der Waals surface area contributed by atoms with Gasteiger partial charge in [0.1, 0.15) is 5.01 Å². The van der Waals surface area contributed by atoms with Crippen molar-refractivity contribution in [2.45, 2.75) is 46.1 Å². The second kappa shape index (κ2) is 6.61. The maximum atomic E-state index is 4.79. The zero-order chi connectivity index (χ0) is 16.5. The lowest BCUT2D eigenvalue weighted by atomic mass is 10.1. The molecule has 3 heterocycles. The molecule has 0 radical (unpaired) electrons. The molecule has 3 aromatic rings. The number of aryl methyl sites for hydroxylation is 2. The molecule has 24 heavy (non-hydrogen) atoms. The van der Waals surface area contributed by atoms with E-state index in [1.54, 1.807) is 11.3 Å². The van der Waals surface area contributed by atoms with Crippen molar-refractivity contribution < 1.29 is 0 Å². The Balaban J connectivity index is 1.61. The molecule has 1 aliphatic rings. The van der Waals surface area contributed by atoms with E-state index in [1.807, 2.05) is 4.52 Å². The fourth-order valence-electron chi connectivity index (χ4n) is 3.24. The first-order valence-electron chi connectivity index (χ1n) is 8.72. The fraction of sp³-hybridized carbons (Fsp3) is 0.500. The third kappa shape index (κ3) is 3.08. The van der Waals surface area contributed by atoms with Crippen LogP contribution >= 0.6 is 11.3 Å². The first-order chi connectivity index (χ1) is 11.7. The normalized spacial score (nSPS) is 16.6. The van der Waals surface area contributed by atoms with Crippen LogP contribution in [0.3, 0.4) is 0 Å². The second-order valence-corrected chi connectivity index (χ2v) is 7.66. The molecule has 126 valence electrons. The van der Waals surface area contributed by atoms with Gasteiger partial charge in [0.25, 0.3) is 0 Å². The van der Waals surface area contributed by atoms with Gasteiger partial charge in [-0.3, -0.25) is 4.90 Å². The van der Waals surface area contributed by atoms with E-state index in [1.165, 1.54) is 36.8 Å². The van der Waals surface area contributed by atoms with E-state index < -0.39 is 0 Å². The summed E-state index contributed by atoms with van der Waals surface area (Å²) in [4.78, 5) is 3.37. The van der Waals surface area contributed by atoms with Gasteiger partial charge in [0, 0.05) is 5.56 Å². The lowest BCUT2D eigenvalue weighted by molar-refractivity contribution is 0.268. The highest BCUT2D eigenvalue weighted by atomic mass is 32.1. The summed E-state index contributed by atoms with van der Waals surface area (Å²) in [7, 11) is 0. The molecule has 1 aliphatic heterocycles. The Morgan fingerprint density at radius 1 is 1.00 bits per heavy atom. The van der Waals surface area contributed by atoms with Crippen LogP contribution in [-0.4, -0.2) is 37.8 Å². The molecule has 0 atom stereocenters. The number of benzene rings is 1. The first kappa shape index (κ1) is 15.7. The predicted molar refractivity (Wildman–Crippen MR) is 97.3 cm³/mol. The van der Waals surface area contributed by atoms with Crippen molar-refractivity contribution in [1.82, 2.24) is 24.7 Å². The van der Waals surface area contributed by atoms with E-state index in [9.17, 15) is 0 Å². The molecule has 1 saturated heterocycles. The Bertz CT molecular complexity index is 842. The molecular weight excluding hydrogens is 318 g/mol. The SMILES string of the molecule is Cc1ccc(-c2nn3c(CN4CCCCCC4)nnc3s2)cc1C. The summed E-state index contributed by atoms with van der Waals surface area (Å²) in [6, 6.07) is 6.50. The summed E-state index contributed by atoms with van der Waals surface area (Å²) in [6.07, 6.45) is 5.26. The summed E-state index contributed by atoms with van der Waals surface area (Å²) in [6.45, 7) is 7.43. The van der Waals surface area contributed by atoms with Gasteiger partial charge in [-0.25, -0.2) is 0 Å². The van der Waals surface area contributed by atoms with Gasteiger partial charge in [0.15, 0.2) is 5.82 Å². The molecule has 0 bridgehead atoms. The number of aromatic nitrogens is 4. The zero-order valence-electron chi connectivity index (χ0n) is 14.3. The van der Waals surface area contributed by atoms with Gasteiger partial charge < -0.3 is 0 Å². The maximum Gasteiger partial charge on any atom is 0.235 e. The number of nitrogens with zero attached hydrogens (tertiary/aromatic N) is 5. The Morgan fingerprint density at radius 2 is 1.79 bits per heavy atom. The number of hydrogen-bond acceptors (Lipinski definition) is 5. The molecule has 1 fully saturated rings. The van der Waals surface area contributed by atoms with Crippen LogP contribution in [0, 0.1) is 13.8 Å². The van der Waals surface area contributed by atoms with Crippen molar-refractivity contribution in [3.05, 3.63) is 35.2 Å². The van der Waals surface area contributed by atoms with Crippen molar-refractivity contribution in [3.8, 4) is 10.6 Å². The van der Waals surface area contributed by atoms with Crippen LogP contribution in [0.1, 0.15) is 42.6 Å². The van der Waals surface area contributed by atoms with Crippen LogP contribution in [0.15, 0.2) is 18.2 Å². The molecule has 2 aromatic heterocycles.